The molecule has 18 heavy (non-hydrogen) atoms. The average molecular weight is 251 g/mol. The van der Waals surface area contributed by atoms with Gasteiger partial charge < -0.3 is 9.52 Å². The van der Waals surface area contributed by atoms with Crippen molar-refractivity contribution in [3.05, 3.63) is 24.2 Å². The van der Waals surface area contributed by atoms with E-state index in [1.807, 2.05) is 19.9 Å². The van der Waals surface area contributed by atoms with Crippen LogP contribution in [0.15, 0.2) is 27.9 Å². The topological polar surface area (TPSA) is 86.9 Å². The Hall–Kier alpha value is -1.82. The zero-order chi connectivity index (χ0) is 13.1. The molecule has 1 aromatic rings. The third kappa shape index (κ3) is 2.70. The number of hydrazone groups is 1. The first-order valence-electron chi connectivity index (χ1n) is 5.92. The van der Waals surface area contributed by atoms with E-state index in [9.17, 15) is 4.79 Å². The van der Waals surface area contributed by atoms with E-state index in [0.717, 1.165) is 5.71 Å². The van der Waals surface area contributed by atoms with Crippen molar-refractivity contribution in [2.24, 2.45) is 11.0 Å². The molecule has 0 saturated heterocycles. The van der Waals surface area contributed by atoms with Crippen LogP contribution in [0.5, 0.6) is 0 Å². The third-order valence-corrected chi connectivity index (χ3v) is 2.87. The highest BCUT2D eigenvalue weighted by Crippen LogP contribution is 2.13. The van der Waals surface area contributed by atoms with Crippen molar-refractivity contribution in [3.63, 3.8) is 0 Å². The number of hydrogen-bond acceptors (Lipinski definition) is 5. The highest BCUT2D eigenvalue weighted by molar-refractivity contribution is 5.99. The normalized spacial score (nSPS) is 20.6. The summed E-state index contributed by atoms with van der Waals surface area (Å²) in [7, 11) is 0. The van der Waals surface area contributed by atoms with Gasteiger partial charge in [0.1, 0.15) is 17.5 Å². The molecule has 1 aliphatic rings. The second-order valence-electron chi connectivity index (χ2n) is 4.65. The quantitative estimate of drug-likeness (QED) is 0.726. The minimum absolute atomic E-state index is 0.0111. The monoisotopic (exact) mass is 251 g/mol. The SMILES string of the molecule is CC(C)C(NC1CC(c2ccco2)=NN1)C(=O)O. The zero-order valence-electron chi connectivity index (χ0n) is 10.4. The molecule has 0 amide bonds. The Balaban J connectivity index is 1.93. The molecule has 0 spiro atoms. The number of carbonyl (C=O) groups is 1. The van der Waals surface area contributed by atoms with Gasteiger partial charge in [-0.15, -0.1) is 0 Å². The minimum Gasteiger partial charge on any atom is -0.480 e. The van der Waals surface area contributed by atoms with Crippen LogP contribution in [-0.4, -0.2) is 29.0 Å². The molecule has 98 valence electrons. The molecular weight excluding hydrogens is 234 g/mol. The summed E-state index contributed by atoms with van der Waals surface area (Å²) in [5.74, 6) is -0.126. The first-order chi connectivity index (χ1) is 8.58. The molecule has 1 aromatic heterocycles. The summed E-state index contributed by atoms with van der Waals surface area (Å²) in [6, 6.07) is 3.04. The van der Waals surface area contributed by atoms with Crippen LogP contribution in [0.4, 0.5) is 0 Å². The van der Waals surface area contributed by atoms with E-state index in [2.05, 4.69) is 15.8 Å². The molecule has 0 aromatic carbocycles. The number of hydrogen-bond donors (Lipinski definition) is 3. The molecule has 0 fully saturated rings. The Kier molecular flexibility index (Phi) is 3.66. The van der Waals surface area contributed by atoms with Crippen LogP contribution in [0, 0.1) is 5.92 Å². The maximum Gasteiger partial charge on any atom is 0.321 e. The molecule has 2 rings (SSSR count). The Bertz CT molecular complexity index is 439. The molecule has 0 radical (unpaired) electrons. The number of nitrogens with one attached hydrogen (secondary N) is 2. The summed E-state index contributed by atoms with van der Waals surface area (Å²) in [6.45, 7) is 3.74. The standard InChI is InChI=1S/C12H17N3O3/c1-7(2)11(12(16)17)13-10-6-8(14-15-10)9-4-3-5-18-9/h3-5,7,10-11,13,15H,6H2,1-2H3,(H,16,17). The first kappa shape index (κ1) is 12.6. The third-order valence-electron chi connectivity index (χ3n) is 2.87. The summed E-state index contributed by atoms with van der Waals surface area (Å²) in [5.41, 5.74) is 3.69. The van der Waals surface area contributed by atoms with Gasteiger partial charge in [-0.3, -0.25) is 15.5 Å². The van der Waals surface area contributed by atoms with Crippen LogP contribution in [0.3, 0.4) is 0 Å². The number of rotatable bonds is 5. The maximum atomic E-state index is 11.1. The second-order valence-corrected chi connectivity index (χ2v) is 4.65. The lowest BCUT2D eigenvalue weighted by Gasteiger charge is -2.22. The smallest absolute Gasteiger partial charge is 0.321 e. The van der Waals surface area contributed by atoms with Crippen molar-refractivity contribution < 1.29 is 14.3 Å². The van der Waals surface area contributed by atoms with Crippen molar-refractivity contribution >= 4 is 11.7 Å². The van der Waals surface area contributed by atoms with Gasteiger partial charge in [-0.1, -0.05) is 13.8 Å². The first-order valence-corrected chi connectivity index (χ1v) is 5.92. The highest BCUT2D eigenvalue weighted by atomic mass is 16.4. The van der Waals surface area contributed by atoms with Gasteiger partial charge >= 0.3 is 5.97 Å². The van der Waals surface area contributed by atoms with Crippen LogP contribution in [0.1, 0.15) is 26.0 Å². The lowest BCUT2D eigenvalue weighted by atomic mass is 10.0. The fraction of sp³-hybridized carbons (Fsp3) is 0.500. The summed E-state index contributed by atoms with van der Waals surface area (Å²) >= 11 is 0. The second kappa shape index (κ2) is 5.22. The largest absolute Gasteiger partial charge is 0.480 e. The Labute approximate surface area is 105 Å². The Morgan fingerprint density at radius 3 is 3.00 bits per heavy atom. The van der Waals surface area contributed by atoms with E-state index in [1.54, 1.807) is 12.3 Å². The van der Waals surface area contributed by atoms with Crippen LogP contribution >= 0.6 is 0 Å². The molecule has 0 saturated carbocycles. The van der Waals surface area contributed by atoms with Crippen LogP contribution in [0.2, 0.25) is 0 Å². The fourth-order valence-corrected chi connectivity index (χ4v) is 1.90. The fourth-order valence-electron chi connectivity index (χ4n) is 1.90. The van der Waals surface area contributed by atoms with Gasteiger partial charge in [0, 0.05) is 6.42 Å². The number of aliphatic carboxylic acids is 1. The molecule has 0 aliphatic carbocycles. The van der Waals surface area contributed by atoms with Gasteiger partial charge in [0.2, 0.25) is 0 Å². The summed E-state index contributed by atoms with van der Waals surface area (Å²) in [6.07, 6.45) is 2.02. The van der Waals surface area contributed by atoms with E-state index in [4.69, 9.17) is 9.52 Å². The molecule has 2 heterocycles. The van der Waals surface area contributed by atoms with Gasteiger partial charge in [-0.2, -0.15) is 5.10 Å². The van der Waals surface area contributed by atoms with E-state index >= 15 is 0 Å². The van der Waals surface area contributed by atoms with Crippen LogP contribution in [0.25, 0.3) is 0 Å². The molecule has 0 bridgehead atoms. The van der Waals surface area contributed by atoms with E-state index in [0.29, 0.717) is 12.2 Å². The van der Waals surface area contributed by atoms with E-state index < -0.39 is 12.0 Å². The van der Waals surface area contributed by atoms with Crippen LogP contribution < -0.4 is 10.7 Å². The van der Waals surface area contributed by atoms with Crippen molar-refractivity contribution in [3.8, 4) is 0 Å². The summed E-state index contributed by atoms with van der Waals surface area (Å²) in [5, 5.41) is 16.3. The van der Waals surface area contributed by atoms with Crippen molar-refractivity contribution in [2.45, 2.75) is 32.5 Å². The summed E-state index contributed by atoms with van der Waals surface area (Å²) < 4.78 is 5.25. The predicted octanol–water partition coefficient (Wildman–Crippen LogP) is 1.00. The maximum absolute atomic E-state index is 11.1. The van der Waals surface area contributed by atoms with Gasteiger partial charge in [0.15, 0.2) is 0 Å². The molecule has 6 nitrogen and oxygen atoms in total. The number of carboxylic acids is 1. The number of carboxylic acid groups (broad SMARTS) is 1. The van der Waals surface area contributed by atoms with Gasteiger partial charge in [-0.25, -0.2) is 0 Å². The molecule has 2 unspecified atom stereocenters. The zero-order valence-corrected chi connectivity index (χ0v) is 10.4. The molecule has 6 heteroatoms. The predicted molar refractivity (Wildman–Crippen MR) is 66.2 cm³/mol. The Morgan fingerprint density at radius 1 is 1.67 bits per heavy atom. The van der Waals surface area contributed by atoms with Crippen LogP contribution in [-0.2, 0) is 4.79 Å². The molecular formula is C12H17N3O3. The average Bonchev–Trinajstić information content (AvgIpc) is 2.95. The molecule has 1 aliphatic heterocycles. The lowest BCUT2D eigenvalue weighted by Crippen LogP contribution is -2.50. The van der Waals surface area contributed by atoms with Crippen molar-refractivity contribution in [1.82, 2.24) is 10.7 Å². The van der Waals surface area contributed by atoms with E-state index in [1.165, 1.54) is 0 Å². The summed E-state index contributed by atoms with van der Waals surface area (Å²) in [4.78, 5) is 11.1. The number of nitrogens with zero attached hydrogens (tertiary/aromatic N) is 1. The Morgan fingerprint density at radius 2 is 2.44 bits per heavy atom. The number of furan rings is 1. The van der Waals surface area contributed by atoms with Gasteiger partial charge in [0.05, 0.1) is 12.4 Å². The van der Waals surface area contributed by atoms with Crippen molar-refractivity contribution in [2.75, 3.05) is 0 Å². The highest BCUT2D eigenvalue weighted by Gasteiger charge is 2.28. The van der Waals surface area contributed by atoms with E-state index in [-0.39, 0.29) is 12.1 Å². The van der Waals surface area contributed by atoms with Gasteiger partial charge in [0.25, 0.3) is 0 Å². The minimum atomic E-state index is -0.849. The lowest BCUT2D eigenvalue weighted by molar-refractivity contribution is -0.141. The van der Waals surface area contributed by atoms with Crippen molar-refractivity contribution in [1.29, 1.82) is 0 Å². The molecule has 3 N–H and O–H groups in total. The van der Waals surface area contributed by atoms with Gasteiger partial charge in [-0.05, 0) is 18.1 Å². The molecule has 2 atom stereocenters.